The van der Waals surface area contributed by atoms with E-state index in [0.29, 0.717) is 48.5 Å². The van der Waals surface area contributed by atoms with Crippen LogP contribution in [0.5, 0.6) is 11.5 Å². The Balaban J connectivity index is 1.67. The summed E-state index contributed by atoms with van der Waals surface area (Å²) in [5.74, 6) is -1.04. The Labute approximate surface area is 282 Å². The summed E-state index contributed by atoms with van der Waals surface area (Å²) >= 11 is 0. The van der Waals surface area contributed by atoms with Crippen molar-refractivity contribution < 1.29 is 51.5 Å². The summed E-state index contributed by atoms with van der Waals surface area (Å²) in [6.07, 6.45) is -11.9. The molecule has 0 aliphatic rings. The second kappa shape index (κ2) is 12.7. The van der Waals surface area contributed by atoms with Crippen molar-refractivity contribution >= 4 is 20.2 Å². The molecule has 0 saturated carbocycles. The van der Waals surface area contributed by atoms with Crippen LogP contribution < -0.4 is 8.37 Å². The van der Waals surface area contributed by atoms with Crippen molar-refractivity contribution in [2.45, 2.75) is 79.9 Å². The number of halogens is 6. The van der Waals surface area contributed by atoms with Crippen molar-refractivity contribution in [2.75, 3.05) is 0 Å². The molecule has 14 heteroatoms. The number of hydrogen-bond acceptors (Lipinski definition) is 6. The van der Waals surface area contributed by atoms with Crippen LogP contribution in [0.25, 0.3) is 0 Å². The molecule has 4 aromatic carbocycles. The summed E-state index contributed by atoms with van der Waals surface area (Å²) in [7, 11) is -8.98. The van der Waals surface area contributed by atoms with Gasteiger partial charge in [0.25, 0.3) is 0 Å². The lowest BCUT2D eigenvalue weighted by atomic mass is 9.73. The fraction of sp³-hybridized carbons (Fsp3) is 0.314. The number of hydrogen-bond donors (Lipinski definition) is 0. The number of alkyl halides is 6. The molecule has 0 bridgehead atoms. The SMILES string of the molecule is CC(C)(C)c1ccc(S(=O)(=O)Oc2ccc(C(c3ccc(OS(=O)(=O)c4ccc(C(C)(C)C)cc4)cc3)(C(F)(F)F)C(F)(F)F)cc2)cc1. The number of rotatable bonds is 8. The molecule has 0 aromatic heterocycles. The summed E-state index contributed by atoms with van der Waals surface area (Å²) in [6.45, 7) is 11.5. The van der Waals surface area contributed by atoms with Gasteiger partial charge in [-0.25, -0.2) is 0 Å². The van der Waals surface area contributed by atoms with Gasteiger partial charge in [-0.15, -0.1) is 0 Å². The van der Waals surface area contributed by atoms with Crippen molar-refractivity contribution in [3.63, 3.8) is 0 Å². The molecule has 49 heavy (non-hydrogen) atoms. The largest absolute Gasteiger partial charge is 0.411 e. The summed E-state index contributed by atoms with van der Waals surface area (Å²) in [5.41, 5.74) is -6.10. The molecule has 0 fully saturated rings. The van der Waals surface area contributed by atoms with Crippen LogP contribution in [-0.4, -0.2) is 29.2 Å². The van der Waals surface area contributed by atoms with Crippen molar-refractivity contribution in [3.8, 4) is 11.5 Å². The topological polar surface area (TPSA) is 86.7 Å². The summed E-state index contributed by atoms with van der Waals surface area (Å²) < 4.78 is 149. The van der Waals surface area contributed by atoms with Gasteiger partial charge in [0.15, 0.2) is 0 Å². The fourth-order valence-corrected chi connectivity index (χ4v) is 6.96. The van der Waals surface area contributed by atoms with E-state index < -0.39 is 60.6 Å². The average Bonchev–Trinajstić information content (AvgIpc) is 2.97. The molecular weight excluding hydrogens is 695 g/mol. The minimum Gasteiger partial charge on any atom is -0.379 e. The van der Waals surface area contributed by atoms with E-state index in [-0.39, 0.29) is 20.6 Å². The fourth-order valence-electron chi connectivity index (χ4n) is 5.10. The molecule has 4 rings (SSSR count). The molecule has 264 valence electrons. The van der Waals surface area contributed by atoms with Gasteiger partial charge < -0.3 is 8.37 Å². The molecule has 0 unspecified atom stereocenters. The molecule has 4 aromatic rings. The Bertz CT molecular complexity index is 1840. The quantitative estimate of drug-likeness (QED) is 0.133. The lowest BCUT2D eigenvalue weighted by molar-refractivity contribution is -0.288. The van der Waals surface area contributed by atoms with Crippen molar-refractivity contribution in [1.82, 2.24) is 0 Å². The van der Waals surface area contributed by atoms with Gasteiger partial charge in [-0.1, -0.05) is 90.1 Å². The van der Waals surface area contributed by atoms with Crippen LogP contribution in [0.1, 0.15) is 63.8 Å². The molecule has 0 N–H and O–H groups in total. The van der Waals surface area contributed by atoms with Crippen LogP contribution in [0.3, 0.4) is 0 Å². The van der Waals surface area contributed by atoms with Gasteiger partial charge in [0, 0.05) is 0 Å². The zero-order chi connectivity index (χ0) is 36.8. The maximum absolute atomic E-state index is 14.7. The molecule has 6 nitrogen and oxygen atoms in total. The van der Waals surface area contributed by atoms with E-state index in [9.17, 15) is 43.2 Å². The van der Waals surface area contributed by atoms with Crippen LogP contribution in [0.4, 0.5) is 26.3 Å². The first-order valence-electron chi connectivity index (χ1n) is 14.7. The van der Waals surface area contributed by atoms with Gasteiger partial charge in [0.05, 0.1) is 0 Å². The highest BCUT2D eigenvalue weighted by Crippen LogP contribution is 2.56. The van der Waals surface area contributed by atoms with Crippen LogP contribution in [0, 0.1) is 0 Å². The van der Waals surface area contributed by atoms with E-state index in [2.05, 4.69) is 0 Å². The molecule has 0 atom stereocenters. The summed E-state index contributed by atoms with van der Waals surface area (Å²) in [4.78, 5) is -0.536. The van der Waals surface area contributed by atoms with Gasteiger partial charge in [-0.05, 0) is 81.6 Å². The first-order chi connectivity index (χ1) is 22.3. The van der Waals surface area contributed by atoms with Crippen LogP contribution in [0.2, 0.25) is 0 Å². The molecule has 0 radical (unpaired) electrons. The van der Waals surface area contributed by atoms with E-state index in [1.165, 1.54) is 24.3 Å². The van der Waals surface area contributed by atoms with Crippen molar-refractivity contribution in [1.29, 1.82) is 0 Å². The third-order valence-corrected chi connectivity index (χ3v) is 10.4. The van der Waals surface area contributed by atoms with Crippen LogP contribution in [-0.2, 0) is 36.5 Å². The highest BCUT2D eigenvalue weighted by Gasteiger charge is 2.72. The lowest BCUT2D eigenvalue weighted by Gasteiger charge is -2.38. The first-order valence-corrected chi connectivity index (χ1v) is 17.6. The second-order valence-electron chi connectivity index (χ2n) is 13.4. The van der Waals surface area contributed by atoms with Gasteiger partial charge in [-0.2, -0.15) is 43.2 Å². The van der Waals surface area contributed by atoms with E-state index in [4.69, 9.17) is 8.37 Å². The monoisotopic (exact) mass is 728 g/mol. The summed E-state index contributed by atoms with van der Waals surface area (Å²) in [5, 5.41) is 0. The van der Waals surface area contributed by atoms with E-state index in [1.807, 2.05) is 41.5 Å². The Morgan fingerprint density at radius 3 is 0.878 bits per heavy atom. The molecule has 0 aliphatic heterocycles. The molecule has 0 aliphatic carbocycles. The number of benzene rings is 4. The first kappa shape index (κ1) is 37.8. The molecule has 0 saturated heterocycles. The smallest absolute Gasteiger partial charge is 0.379 e. The minimum absolute atomic E-state index is 0.268. The third-order valence-electron chi connectivity index (χ3n) is 7.85. The third kappa shape index (κ3) is 7.75. The Hall–Kier alpha value is -4.04. The van der Waals surface area contributed by atoms with E-state index >= 15 is 0 Å². The zero-order valence-electron chi connectivity index (χ0n) is 27.3. The van der Waals surface area contributed by atoms with Gasteiger partial charge >= 0.3 is 32.6 Å². The predicted octanol–water partition coefficient (Wildman–Crippen LogP) is 9.23. The van der Waals surface area contributed by atoms with Crippen LogP contribution in [0.15, 0.2) is 107 Å². The average molecular weight is 729 g/mol. The molecule has 0 spiro atoms. The van der Waals surface area contributed by atoms with E-state index in [1.54, 1.807) is 24.3 Å². The minimum atomic E-state index is -5.96. The Kier molecular flexibility index (Phi) is 9.78. The van der Waals surface area contributed by atoms with Crippen molar-refractivity contribution in [2.24, 2.45) is 0 Å². The molecule has 0 amide bonds. The van der Waals surface area contributed by atoms with Gasteiger partial charge in [0.2, 0.25) is 5.41 Å². The Morgan fingerprint density at radius 2 is 0.653 bits per heavy atom. The zero-order valence-corrected chi connectivity index (χ0v) is 28.9. The molecular formula is C35H34F6O6S2. The van der Waals surface area contributed by atoms with Crippen molar-refractivity contribution in [3.05, 3.63) is 119 Å². The highest BCUT2D eigenvalue weighted by atomic mass is 32.2. The van der Waals surface area contributed by atoms with Crippen LogP contribution >= 0.6 is 0 Å². The maximum atomic E-state index is 14.7. The Morgan fingerprint density at radius 1 is 0.408 bits per heavy atom. The van der Waals surface area contributed by atoms with E-state index in [0.717, 1.165) is 11.1 Å². The van der Waals surface area contributed by atoms with Gasteiger partial charge in [-0.3, -0.25) is 0 Å². The second-order valence-corrected chi connectivity index (χ2v) is 16.5. The lowest BCUT2D eigenvalue weighted by Crippen LogP contribution is -2.54. The maximum Gasteiger partial charge on any atom is 0.411 e. The highest BCUT2D eigenvalue weighted by molar-refractivity contribution is 7.87. The normalized spacial score (nSPS) is 13.6. The molecule has 0 heterocycles. The summed E-state index contributed by atoms with van der Waals surface area (Å²) in [6, 6.07) is 16.1. The van der Waals surface area contributed by atoms with Gasteiger partial charge in [0.1, 0.15) is 21.3 Å². The standard InChI is InChI=1S/C35H34F6O6S2/c1-31(2,3)23-11-19-29(20-12-23)48(42,43)46-27-15-7-25(8-16-27)33(34(36,37)38,35(39,40)41)26-9-17-28(18-10-26)47-49(44,45)30-21-13-24(14-22-30)32(4,5)6/h7-22H,1-6H3. The predicted molar refractivity (Wildman–Crippen MR) is 172 cm³/mol.